The van der Waals surface area contributed by atoms with E-state index in [1.807, 2.05) is 0 Å². The van der Waals surface area contributed by atoms with Gasteiger partial charge in [-0.2, -0.15) is 13.2 Å². The summed E-state index contributed by atoms with van der Waals surface area (Å²) in [6.45, 7) is -0.0937. The van der Waals surface area contributed by atoms with Gasteiger partial charge in [0.15, 0.2) is 0 Å². The third-order valence-electron chi connectivity index (χ3n) is 3.70. The van der Waals surface area contributed by atoms with Gasteiger partial charge in [-0.05, 0) is 24.5 Å². The Bertz CT molecular complexity index is 425. The number of aliphatic hydroxyl groups excluding tert-OH is 1. The number of halogens is 3. The molecule has 1 aliphatic rings. The van der Waals surface area contributed by atoms with Crippen LogP contribution in [0.15, 0.2) is 24.3 Å². The summed E-state index contributed by atoms with van der Waals surface area (Å²) < 4.78 is 43.4. The van der Waals surface area contributed by atoms with Gasteiger partial charge in [0.05, 0.1) is 11.7 Å². The average molecular weight is 288 g/mol. The molecule has 0 aromatic heterocycles. The van der Waals surface area contributed by atoms with Gasteiger partial charge in [0.25, 0.3) is 0 Å². The molecule has 5 heteroatoms. The van der Waals surface area contributed by atoms with Crippen LogP contribution in [0.5, 0.6) is 5.75 Å². The maximum Gasteiger partial charge on any atom is 0.419 e. The summed E-state index contributed by atoms with van der Waals surface area (Å²) in [4.78, 5) is 0. The van der Waals surface area contributed by atoms with E-state index in [0.717, 1.165) is 18.9 Å². The van der Waals surface area contributed by atoms with Crippen LogP contribution < -0.4 is 4.74 Å². The lowest BCUT2D eigenvalue weighted by atomic mass is 10.0. The minimum Gasteiger partial charge on any atom is -0.490 e. The zero-order valence-corrected chi connectivity index (χ0v) is 11.2. The first-order valence-corrected chi connectivity index (χ1v) is 6.94. The topological polar surface area (TPSA) is 29.5 Å². The standard InChI is InChI=1S/C15H19F3O2/c16-15(17,18)13-7-3-4-8-14(13)20-10-12(19)9-11-5-1-2-6-11/h3-4,7-8,11-12,19H,1-2,5-6,9-10H2. The first-order valence-electron chi connectivity index (χ1n) is 6.94. The van der Waals surface area contributed by atoms with Crippen molar-refractivity contribution in [3.63, 3.8) is 0 Å². The van der Waals surface area contributed by atoms with Crippen molar-refractivity contribution in [3.8, 4) is 5.75 Å². The van der Waals surface area contributed by atoms with Crippen molar-refractivity contribution in [3.05, 3.63) is 29.8 Å². The van der Waals surface area contributed by atoms with Gasteiger partial charge < -0.3 is 9.84 Å². The molecule has 2 rings (SSSR count). The number of aliphatic hydroxyl groups is 1. The second-order valence-corrected chi connectivity index (χ2v) is 5.34. The van der Waals surface area contributed by atoms with Crippen LogP contribution in [0, 0.1) is 5.92 Å². The summed E-state index contributed by atoms with van der Waals surface area (Å²) in [5.74, 6) is 0.261. The van der Waals surface area contributed by atoms with E-state index in [-0.39, 0.29) is 12.4 Å². The molecular formula is C15H19F3O2. The molecule has 0 heterocycles. The van der Waals surface area contributed by atoms with Crippen LogP contribution >= 0.6 is 0 Å². The second-order valence-electron chi connectivity index (χ2n) is 5.34. The van der Waals surface area contributed by atoms with Crippen molar-refractivity contribution >= 4 is 0 Å². The molecule has 1 fully saturated rings. The molecule has 112 valence electrons. The zero-order chi connectivity index (χ0) is 14.6. The molecule has 1 saturated carbocycles. The van der Waals surface area contributed by atoms with Gasteiger partial charge in [0, 0.05) is 0 Å². The van der Waals surface area contributed by atoms with E-state index in [0.29, 0.717) is 12.3 Å². The van der Waals surface area contributed by atoms with Gasteiger partial charge in [0.1, 0.15) is 12.4 Å². The van der Waals surface area contributed by atoms with Gasteiger partial charge >= 0.3 is 6.18 Å². The monoisotopic (exact) mass is 288 g/mol. The third-order valence-corrected chi connectivity index (χ3v) is 3.70. The van der Waals surface area contributed by atoms with E-state index in [1.165, 1.54) is 31.0 Å². The summed E-state index contributed by atoms with van der Waals surface area (Å²) in [5.41, 5.74) is -0.798. The lowest BCUT2D eigenvalue weighted by Crippen LogP contribution is -2.21. The Morgan fingerprint density at radius 2 is 1.85 bits per heavy atom. The highest BCUT2D eigenvalue weighted by atomic mass is 19.4. The Balaban J connectivity index is 1.90. The smallest absolute Gasteiger partial charge is 0.419 e. The third kappa shape index (κ3) is 4.13. The predicted molar refractivity (Wildman–Crippen MR) is 69.5 cm³/mol. The molecule has 0 aliphatic heterocycles. The Kier molecular flexibility index (Phi) is 4.91. The van der Waals surface area contributed by atoms with Gasteiger partial charge in [-0.3, -0.25) is 0 Å². The molecule has 0 radical (unpaired) electrons. The molecule has 1 aromatic rings. The van der Waals surface area contributed by atoms with Crippen molar-refractivity contribution in [1.29, 1.82) is 0 Å². The molecule has 0 saturated heterocycles. The van der Waals surface area contributed by atoms with E-state index in [2.05, 4.69) is 0 Å². The van der Waals surface area contributed by atoms with E-state index >= 15 is 0 Å². The molecule has 2 nitrogen and oxygen atoms in total. The van der Waals surface area contributed by atoms with Crippen LogP contribution in [0.25, 0.3) is 0 Å². The van der Waals surface area contributed by atoms with Gasteiger partial charge in [-0.15, -0.1) is 0 Å². The number of alkyl halides is 3. The first-order chi connectivity index (χ1) is 9.47. The number of benzene rings is 1. The van der Waals surface area contributed by atoms with Crippen LogP contribution in [0.1, 0.15) is 37.7 Å². The highest BCUT2D eigenvalue weighted by molar-refractivity contribution is 5.35. The van der Waals surface area contributed by atoms with Crippen molar-refractivity contribution in [2.24, 2.45) is 5.92 Å². The lowest BCUT2D eigenvalue weighted by Gasteiger charge is -2.18. The van der Waals surface area contributed by atoms with Crippen molar-refractivity contribution in [2.45, 2.75) is 44.4 Å². The fraction of sp³-hybridized carbons (Fsp3) is 0.600. The Labute approximate surface area is 116 Å². The summed E-state index contributed by atoms with van der Waals surface area (Å²) in [6.07, 6.45) is -0.00267. The Morgan fingerprint density at radius 3 is 2.50 bits per heavy atom. The Morgan fingerprint density at radius 1 is 1.20 bits per heavy atom. The Hall–Kier alpha value is -1.23. The van der Waals surface area contributed by atoms with Gasteiger partial charge in [-0.1, -0.05) is 37.8 Å². The summed E-state index contributed by atoms with van der Waals surface area (Å²) >= 11 is 0. The fourth-order valence-electron chi connectivity index (χ4n) is 2.71. The molecule has 0 amide bonds. The fourth-order valence-corrected chi connectivity index (χ4v) is 2.71. The molecule has 0 spiro atoms. The largest absolute Gasteiger partial charge is 0.490 e. The summed E-state index contributed by atoms with van der Waals surface area (Å²) in [6, 6.07) is 5.09. The molecule has 0 bridgehead atoms. The second kappa shape index (κ2) is 6.48. The van der Waals surface area contributed by atoms with Crippen LogP contribution in [-0.4, -0.2) is 17.8 Å². The quantitative estimate of drug-likeness (QED) is 0.886. The van der Waals surface area contributed by atoms with Crippen molar-refractivity contribution in [2.75, 3.05) is 6.61 Å². The normalized spacial score (nSPS) is 18.2. The summed E-state index contributed by atoms with van der Waals surface area (Å²) in [7, 11) is 0. The maximum absolute atomic E-state index is 12.8. The number of ether oxygens (including phenoxy) is 1. The minimum atomic E-state index is -4.44. The van der Waals surface area contributed by atoms with E-state index in [9.17, 15) is 18.3 Å². The number of rotatable bonds is 5. The highest BCUT2D eigenvalue weighted by Gasteiger charge is 2.34. The number of para-hydroxylation sites is 1. The van der Waals surface area contributed by atoms with E-state index in [1.54, 1.807) is 0 Å². The van der Waals surface area contributed by atoms with Gasteiger partial charge in [0.2, 0.25) is 0 Å². The molecule has 1 N–H and O–H groups in total. The van der Waals surface area contributed by atoms with E-state index < -0.39 is 17.8 Å². The van der Waals surface area contributed by atoms with Crippen LogP contribution in [0.2, 0.25) is 0 Å². The van der Waals surface area contributed by atoms with Crippen LogP contribution in [0.3, 0.4) is 0 Å². The van der Waals surface area contributed by atoms with Gasteiger partial charge in [-0.25, -0.2) is 0 Å². The van der Waals surface area contributed by atoms with Crippen LogP contribution in [-0.2, 0) is 6.18 Å². The molecule has 1 unspecified atom stereocenters. The number of hydrogen-bond acceptors (Lipinski definition) is 2. The molecule has 1 atom stereocenters. The summed E-state index contributed by atoms with van der Waals surface area (Å²) in [5, 5.41) is 9.86. The van der Waals surface area contributed by atoms with Crippen molar-refractivity contribution < 1.29 is 23.0 Å². The molecule has 1 aromatic carbocycles. The predicted octanol–water partition coefficient (Wildman–Crippen LogP) is 4.03. The first kappa shape index (κ1) is 15.2. The number of hydrogen-bond donors (Lipinski definition) is 1. The zero-order valence-electron chi connectivity index (χ0n) is 11.2. The molecule has 20 heavy (non-hydrogen) atoms. The van der Waals surface area contributed by atoms with E-state index in [4.69, 9.17) is 4.74 Å². The molecule has 1 aliphatic carbocycles. The maximum atomic E-state index is 12.8. The molecular weight excluding hydrogens is 269 g/mol. The highest BCUT2D eigenvalue weighted by Crippen LogP contribution is 2.36. The lowest BCUT2D eigenvalue weighted by molar-refractivity contribution is -0.139. The SMILES string of the molecule is OC(COc1ccccc1C(F)(F)F)CC1CCCC1. The van der Waals surface area contributed by atoms with Crippen LogP contribution in [0.4, 0.5) is 13.2 Å². The minimum absolute atomic E-state index is 0.0937. The van der Waals surface area contributed by atoms with Crippen molar-refractivity contribution in [1.82, 2.24) is 0 Å². The average Bonchev–Trinajstić information content (AvgIpc) is 2.88.